The Kier molecular flexibility index (Phi) is 5.62. The van der Waals surface area contributed by atoms with Gasteiger partial charge in [0, 0.05) is 31.3 Å². The fourth-order valence-corrected chi connectivity index (χ4v) is 3.77. The van der Waals surface area contributed by atoms with E-state index in [0.717, 1.165) is 38.6 Å². The normalized spacial score (nSPS) is 28.1. The molecule has 0 aromatic heterocycles. The van der Waals surface area contributed by atoms with Crippen LogP contribution in [0.25, 0.3) is 0 Å². The highest BCUT2D eigenvalue weighted by molar-refractivity contribution is 5.69. The molecule has 134 valence electrons. The minimum atomic E-state index is -0.431. The molecule has 2 saturated heterocycles. The third-order valence-electron chi connectivity index (χ3n) is 5.00. The number of fused-ring (bicyclic) bond motifs is 2. The Hall–Kier alpha value is -0.810. The van der Waals surface area contributed by atoms with Gasteiger partial charge in [-0.15, -0.1) is 0 Å². The zero-order valence-electron chi connectivity index (χ0n) is 15.4. The Morgan fingerprint density at radius 3 is 2.22 bits per heavy atom. The molecule has 0 aromatic carbocycles. The summed E-state index contributed by atoms with van der Waals surface area (Å²) in [6.45, 7) is 11.3. The topological polar surface area (TPSA) is 61.8 Å². The van der Waals surface area contributed by atoms with Crippen LogP contribution in [-0.4, -0.2) is 53.0 Å². The van der Waals surface area contributed by atoms with Crippen LogP contribution in [-0.2, 0) is 4.74 Å². The van der Waals surface area contributed by atoms with E-state index in [1.54, 1.807) is 0 Å². The quantitative estimate of drug-likeness (QED) is 0.815. The summed E-state index contributed by atoms with van der Waals surface area (Å²) in [5.41, 5.74) is -0.323. The number of nitrogens with zero attached hydrogens (tertiary/aromatic N) is 1. The lowest BCUT2D eigenvalue weighted by Crippen LogP contribution is -2.53. The molecule has 2 N–H and O–H groups in total. The Bertz CT molecular complexity index is 403. The van der Waals surface area contributed by atoms with Crippen molar-refractivity contribution in [3.63, 3.8) is 0 Å². The molecule has 0 aromatic rings. The van der Waals surface area contributed by atoms with Crippen LogP contribution >= 0.6 is 0 Å². The maximum atomic E-state index is 12.4. The van der Waals surface area contributed by atoms with Crippen molar-refractivity contribution >= 4 is 6.09 Å². The molecule has 5 heteroatoms. The molecule has 5 nitrogen and oxygen atoms in total. The van der Waals surface area contributed by atoms with Crippen LogP contribution in [0.3, 0.4) is 0 Å². The van der Waals surface area contributed by atoms with E-state index in [-0.39, 0.29) is 18.1 Å². The second kappa shape index (κ2) is 6.98. The van der Waals surface area contributed by atoms with Crippen LogP contribution in [0.4, 0.5) is 4.79 Å². The van der Waals surface area contributed by atoms with Gasteiger partial charge in [0.05, 0.1) is 0 Å². The Morgan fingerprint density at radius 1 is 1.17 bits per heavy atom. The smallest absolute Gasteiger partial charge is 0.410 e. The second-order valence-electron chi connectivity index (χ2n) is 8.96. The molecule has 0 spiro atoms. The van der Waals surface area contributed by atoms with Gasteiger partial charge in [0.2, 0.25) is 0 Å². The summed E-state index contributed by atoms with van der Waals surface area (Å²) >= 11 is 0. The number of nitrogens with one attached hydrogen (secondary N) is 1. The van der Waals surface area contributed by atoms with E-state index in [9.17, 15) is 4.79 Å². The fraction of sp³-hybridized carbons (Fsp3) is 0.944. The van der Waals surface area contributed by atoms with Crippen LogP contribution in [0.1, 0.15) is 66.7 Å². The first-order chi connectivity index (χ1) is 10.6. The highest BCUT2D eigenvalue weighted by Crippen LogP contribution is 2.37. The van der Waals surface area contributed by atoms with E-state index in [2.05, 4.69) is 19.2 Å². The average Bonchev–Trinajstić information content (AvgIpc) is 2.66. The van der Waals surface area contributed by atoms with Gasteiger partial charge in [-0.05, 0) is 58.3 Å². The molecule has 0 saturated carbocycles. The van der Waals surface area contributed by atoms with Crippen molar-refractivity contribution in [2.24, 2.45) is 5.41 Å². The third-order valence-corrected chi connectivity index (χ3v) is 5.00. The summed E-state index contributed by atoms with van der Waals surface area (Å²) in [5.74, 6) is 0. The van der Waals surface area contributed by atoms with Gasteiger partial charge in [-0.3, -0.25) is 0 Å². The van der Waals surface area contributed by atoms with Gasteiger partial charge in [-0.1, -0.05) is 13.8 Å². The van der Waals surface area contributed by atoms with Crippen LogP contribution in [0.5, 0.6) is 0 Å². The number of hydrogen-bond donors (Lipinski definition) is 2. The molecular weight excluding hydrogens is 292 g/mol. The van der Waals surface area contributed by atoms with Crippen molar-refractivity contribution in [3.05, 3.63) is 0 Å². The first kappa shape index (κ1) is 18.5. The van der Waals surface area contributed by atoms with E-state index in [1.165, 1.54) is 0 Å². The number of ether oxygens (including phenoxy) is 1. The van der Waals surface area contributed by atoms with Crippen LogP contribution < -0.4 is 5.32 Å². The van der Waals surface area contributed by atoms with E-state index in [1.807, 2.05) is 25.7 Å². The summed E-state index contributed by atoms with van der Waals surface area (Å²) in [4.78, 5) is 14.4. The van der Waals surface area contributed by atoms with E-state index < -0.39 is 5.60 Å². The lowest BCUT2D eigenvalue weighted by molar-refractivity contribution is 0.00424. The standard InChI is InChI=1S/C18H34N2O3/c1-17(2,3)23-16(22)20-14-6-7-15(20)11-13(10-14)19-12-18(4,5)8-9-21/h13-15,19,21H,6-12H2,1-5H3. The number of amides is 1. The molecule has 2 aliphatic heterocycles. The highest BCUT2D eigenvalue weighted by Gasteiger charge is 2.44. The largest absolute Gasteiger partial charge is 0.444 e. The number of aliphatic hydroxyl groups excluding tert-OH is 1. The van der Waals surface area contributed by atoms with E-state index >= 15 is 0 Å². The van der Waals surface area contributed by atoms with Crippen molar-refractivity contribution < 1.29 is 14.6 Å². The van der Waals surface area contributed by atoms with Crippen molar-refractivity contribution in [1.29, 1.82) is 0 Å². The number of hydrogen-bond acceptors (Lipinski definition) is 4. The Balaban J connectivity index is 1.88. The lowest BCUT2D eigenvalue weighted by atomic mass is 9.88. The molecule has 2 heterocycles. The summed E-state index contributed by atoms with van der Waals surface area (Å²) in [5, 5.41) is 12.8. The van der Waals surface area contributed by atoms with E-state index in [0.29, 0.717) is 18.1 Å². The molecule has 1 amide bonds. The van der Waals surface area contributed by atoms with Crippen molar-refractivity contribution in [3.8, 4) is 0 Å². The van der Waals surface area contributed by atoms with Crippen LogP contribution in [0.2, 0.25) is 0 Å². The van der Waals surface area contributed by atoms with Crippen molar-refractivity contribution in [2.75, 3.05) is 13.2 Å². The summed E-state index contributed by atoms with van der Waals surface area (Å²) in [6.07, 6.45) is 4.84. The lowest BCUT2D eigenvalue weighted by Gasteiger charge is -2.40. The van der Waals surface area contributed by atoms with Gasteiger partial charge in [-0.2, -0.15) is 0 Å². The number of piperidine rings is 1. The first-order valence-corrected chi connectivity index (χ1v) is 8.97. The van der Waals surface area contributed by atoms with Gasteiger partial charge in [0.15, 0.2) is 0 Å². The number of rotatable bonds is 5. The van der Waals surface area contributed by atoms with Crippen molar-refractivity contribution in [2.45, 2.75) is 90.4 Å². The summed E-state index contributed by atoms with van der Waals surface area (Å²) in [7, 11) is 0. The van der Waals surface area contributed by atoms with Gasteiger partial charge in [-0.25, -0.2) is 4.79 Å². The molecule has 2 aliphatic rings. The molecule has 2 unspecified atom stereocenters. The highest BCUT2D eigenvalue weighted by atomic mass is 16.6. The van der Waals surface area contributed by atoms with Gasteiger partial charge >= 0.3 is 6.09 Å². The molecule has 0 radical (unpaired) electrons. The monoisotopic (exact) mass is 326 g/mol. The minimum Gasteiger partial charge on any atom is -0.444 e. The zero-order chi connectivity index (χ0) is 17.3. The molecule has 23 heavy (non-hydrogen) atoms. The average molecular weight is 326 g/mol. The minimum absolute atomic E-state index is 0.107. The number of carbonyl (C=O) groups excluding carboxylic acids is 1. The summed E-state index contributed by atoms with van der Waals surface area (Å²) < 4.78 is 5.58. The van der Waals surface area contributed by atoms with Crippen molar-refractivity contribution in [1.82, 2.24) is 10.2 Å². The first-order valence-electron chi connectivity index (χ1n) is 8.97. The van der Waals surface area contributed by atoms with E-state index in [4.69, 9.17) is 9.84 Å². The maximum absolute atomic E-state index is 12.4. The fourth-order valence-electron chi connectivity index (χ4n) is 3.77. The Labute approximate surface area is 140 Å². The summed E-state index contributed by atoms with van der Waals surface area (Å²) in [6, 6.07) is 1.08. The second-order valence-corrected chi connectivity index (χ2v) is 8.96. The SMILES string of the molecule is CC(C)(CCO)CNC1CC2CCC(C1)N2C(=O)OC(C)(C)C. The molecule has 0 aliphatic carbocycles. The number of carbonyl (C=O) groups is 1. The molecule has 2 fully saturated rings. The van der Waals surface area contributed by atoms with Gasteiger partial charge in [0.1, 0.15) is 5.60 Å². The third kappa shape index (κ3) is 5.08. The predicted molar refractivity (Wildman–Crippen MR) is 91.4 cm³/mol. The van der Waals surface area contributed by atoms with Gasteiger partial charge in [0.25, 0.3) is 0 Å². The van der Waals surface area contributed by atoms with Gasteiger partial charge < -0.3 is 20.1 Å². The zero-order valence-corrected chi connectivity index (χ0v) is 15.4. The predicted octanol–water partition coefficient (Wildman–Crippen LogP) is 2.92. The van der Waals surface area contributed by atoms with Crippen LogP contribution in [0.15, 0.2) is 0 Å². The Morgan fingerprint density at radius 2 is 1.74 bits per heavy atom. The molecular formula is C18H34N2O3. The molecule has 2 rings (SSSR count). The maximum Gasteiger partial charge on any atom is 0.410 e. The molecule has 2 atom stereocenters. The number of aliphatic hydroxyl groups is 1. The van der Waals surface area contributed by atoms with Crippen LogP contribution in [0, 0.1) is 5.41 Å². The molecule has 2 bridgehead atoms.